The summed E-state index contributed by atoms with van der Waals surface area (Å²) in [6.45, 7) is 11.8. The van der Waals surface area contributed by atoms with Crippen molar-refractivity contribution >= 4 is 11.9 Å². The van der Waals surface area contributed by atoms with Crippen LogP contribution in [0, 0.1) is 0 Å². The van der Waals surface area contributed by atoms with Crippen LogP contribution in [0.4, 0.5) is 0 Å². The van der Waals surface area contributed by atoms with Crippen molar-refractivity contribution in [1.29, 1.82) is 0 Å². The number of rotatable bonds is 4. The van der Waals surface area contributed by atoms with Gasteiger partial charge >= 0.3 is 5.97 Å². The van der Waals surface area contributed by atoms with Gasteiger partial charge in [-0.25, -0.2) is 4.79 Å². The van der Waals surface area contributed by atoms with Crippen molar-refractivity contribution in [2.75, 3.05) is 14.1 Å². The summed E-state index contributed by atoms with van der Waals surface area (Å²) in [5.74, 6) is -0.777. The molecule has 5 nitrogen and oxygen atoms in total. The number of esters is 1. The molecule has 2 N–H and O–H groups in total. The molecule has 0 fully saturated rings. The minimum atomic E-state index is -0.435. The Morgan fingerprint density at radius 3 is 1.71 bits per heavy atom. The van der Waals surface area contributed by atoms with E-state index >= 15 is 0 Å². The van der Waals surface area contributed by atoms with Crippen molar-refractivity contribution in [3.8, 4) is 0 Å². The summed E-state index contributed by atoms with van der Waals surface area (Å²) in [7, 11) is 3.69. The van der Waals surface area contributed by atoms with Gasteiger partial charge in [0.1, 0.15) is 0 Å². The molecule has 98 valence electrons. The summed E-state index contributed by atoms with van der Waals surface area (Å²) in [4.78, 5) is 22.5. The first-order chi connectivity index (χ1) is 7.59. The highest BCUT2D eigenvalue weighted by Gasteiger charge is 2.10. The topological polar surface area (TPSA) is 72.6 Å². The third-order valence-electron chi connectivity index (χ3n) is 1.77. The summed E-state index contributed by atoms with van der Waals surface area (Å²) in [6, 6.07) is 0. The molecular formula is C12H22N2O3. The van der Waals surface area contributed by atoms with Gasteiger partial charge in [0.15, 0.2) is 6.23 Å². The van der Waals surface area contributed by atoms with E-state index < -0.39 is 5.91 Å². The van der Waals surface area contributed by atoms with Crippen LogP contribution in [0.3, 0.4) is 0 Å². The third kappa shape index (κ3) is 10.7. The lowest BCUT2D eigenvalue weighted by Gasteiger charge is -2.19. The second-order valence-corrected chi connectivity index (χ2v) is 3.89. The summed E-state index contributed by atoms with van der Waals surface area (Å²) in [6.07, 6.45) is -0.195. The molecule has 0 aromatic carbocycles. The lowest BCUT2D eigenvalue weighted by Crippen LogP contribution is -2.30. The molecule has 0 saturated carbocycles. The first kappa shape index (κ1) is 17.8. The Bertz CT molecular complexity index is 297. The van der Waals surface area contributed by atoms with Crippen LogP contribution in [0.5, 0.6) is 0 Å². The molecular weight excluding hydrogens is 220 g/mol. The molecule has 1 atom stereocenters. The average molecular weight is 242 g/mol. The fourth-order valence-corrected chi connectivity index (χ4v) is 0.361. The lowest BCUT2D eigenvalue weighted by atomic mass is 10.3. The predicted molar refractivity (Wildman–Crippen MR) is 68.1 cm³/mol. The van der Waals surface area contributed by atoms with Gasteiger partial charge in [0.25, 0.3) is 0 Å². The Morgan fingerprint density at radius 2 is 1.53 bits per heavy atom. The minimum Gasteiger partial charge on any atom is -0.443 e. The molecule has 1 amide bonds. The van der Waals surface area contributed by atoms with Crippen LogP contribution >= 0.6 is 0 Å². The maximum absolute atomic E-state index is 10.9. The van der Waals surface area contributed by atoms with Crippen LogP contribution in [0.15, 0.2) is 24.3 Å². The van der Waals surface area contributed by atoms with Crippen LogP contribution in [0.25, 0.3) is 0 Å². The molecule has 0 aliphatic heterocycles. The summed E-state index contributed by atoms with van der Waals surface area (Å²) >= 11 is 0. The predicted octanol–water partition coefficient (Wildman–Crippen LogP) is 1.06. The van der Waals surface area contributed by atoms with E-state index in [0.29, 0.717) is 11.1 Å². The van der Waals surface area contributed by atoms with Gasteiger partial charge in [0.05, 0.1) is 0 Å². The average Bonchev–Trinajstić information content (AvgIpc) is 2.17. The van der Waals surface area contributed by atoms with Crippen molar-refractivity contribution in [1.82, 2.24) is 4.90 Å². The van der Waals surface area contributed by atoms with Crippen LogP contribution in [0.2, 0.25) is 0 Å². The number of ether oxygens (including phenoxy) is 1. The van der Waals surface area contributed by atoms with Gasteiger partial charge in [-0.1, -0.05) is 13.2 Å². The Balaban J connectivity index is 0. The highest BCUT2D eigenvalue weighted by molar-refractivity contribution is 5.90. The fourth-order valence-electron chi connectivity index (χ4n) is 0.361. The molecule has 17 heavy (non-hydrogen) atoms. The van der Waals surface area contributed by atoms with Gasteiger partial charge in [-0.2, -0.15) is 0 Å². The zero-order valence-corrected chi connectivity index (χ0v) is 11.2. The highest BCUT2D eigenvalue weighted by Crippen LogP contribution is 1.99. The lowest BCUT2D eigenvalue weighted by molar-refractivity contribution is -0.150. The minimum absolute atomic E-state index is 0.195. The Morgan fingerprint density at radius 1 is 1.18 bits per heavy atom. The monoisotopic (exact) mass is 242 g/mol. The number of hydrogen-bond acceptors (Lipinski definition) is 4. The molecule has 0 heterocycles. The van der Waals surface area contributed by atoms with Crippen molar-refractivity contribution in [3.05, 3.63) is 24.3 Å². The second kappa shape index (κ2) is 8.52. The third-order valence-corrected chi connectivity index (χ3v) is 1.77. The van der Waals surface area contributed by atoms with E-state index in [-0.39, 0.29) is 12.2 Å². The van der Waals surface area contributed by atoms with Crippen molar-refractivity contribution in [2.45, 2.75) is 27.0 Å². The van der Waals surface area contributed by atoms with Gasteiger partial charge in [-0.15, -0.1) is 0 Å². The van der Waals surface area contributed by atoms with Crippen LogP contribution < -0.4 is 5.73 Å². The van der Waals surface area contributed by atoms with Gasteiger partial charge in [0, 0.05) is 11.1 Å². The maximum Gasteiger partial charge on any atom is 0.334 e. The SMILES string of the molecule is C=C(C)C(=O)OC(C)N(C)C.C=C(C)C(N)=O. The molecule has 0 aromatic rings. The molecule has 5 heteroatoms. The van der Waals surface area contributed by atoms with Gasteiger partial charge < -0.3 is 10.5 Å². The molecule has 0 aliphatic carbocycles. The quantitative estimate of drug-likeness (QED) is 0.454. The normalized spacial score (nSPS) is 10.9. The van der Waals surface area contributed by atoms with E-state index in [1.165, 1.54) is 0 Å². The largest absolute Gasteiger partial charge is 0.443 e. The fraction of sp³-hybridized carbons (Fsp3) is 0.500. The van der Waals surface area contributed by atoms with E-state index in [9.17, 15) is 9.59 Å². The molecule has 0 saturated heterocycles. The molecule has 0 rings (SSSR count). The Kier molecular flexibility index (Phi) is 8.91. The van der Waals surface area contributed by atoms with Crippen molar-refractivity contribution < 1.29 is 14.3 Å². The number of nitrogens with two attached hydrogens (primary N) is 1. The molecule has 0 aromatic heterocycles. The summed E-state index contributed by atoms with van der Waals surface area (Å²) < 4.78 is 4.96. The molecule has 0 aliphatic rings. The first-order valence-corrected chi connectivity index (χ1v) is 5.07. The van der Waals surface area contributed by atoms with E-state index in [1.807, 2.05) is 14.1 Å². The zero-order chi connectivity index (χ0) is 14.2. The first-order valence-electron chi connectivity index (χ1n) is 5.07. The molecule has 0 radical (unpaired) electrons. The van der Waals surface area contributed by atoms with E-state index in [1.54, 1.807) is 25.7 Å². The van der Waals surface area contributed by atoms with Crippen LogP contribution in [0.1, 0.15) is 20.8 Å². The molecule has 0 spiro atoms. The summed E-state index contributed by atoms with van der Waals surface area (Å²) in [5.41, 5.74) is 5.52. The van der Waals surface area contributed by atoms with E-state index in [0.717, 1.165) is 0 Å². The maximum atomic E-state index is 10.9. The number of primary amides is 1. The van der Waals surface area contributed by atoms with E-state index in [4.69, 9.17) is 10.5 Å². The zero-order valence-electron chi connectivity index (χ0n) is 11.2. The number of amides is 1. The van der Waals surface area contributed by atoms with Crippen LogP contribution in [-0.2, 0) is 14.3 Å². The van der Waals surface area contributed by atoms with Gasteiger partial charge in [-0.3, -0.25) is 9.69 Å². The van der Waals surface area contributed by atoms with E-state index in [2.05, 4.69) is 13.2 Å². The standard InChI is InChI=1S/C8H15NO2.C4H7NO/c1-6(2)8(10)11-7(3)9(4)5;1-3(2)4(5)6/h7H,1H2,2-5H3;1H2,2H3,(H2,5,6). The Hall–Kier alpha value is -1.62. The van der Waals surface area contributed by atoms with Crippen molar-refractivity contribution in [2.24, 2.45) is 5.73 Å². The van der Waals surface area contributed by atoms with Gasteiger partial charge in [0.2, 0.25) is 5.91 Å². The molecule has 1 unspecified atom stereocenters. The summed E-state index contributed by atoms with van der Waals surface area (Å²) in [5, 5.41) is 0. The smallest absolute Gasteiger partial charge is 0.334 e. The van der Waals surface area contributed by atoms with Crippen LogP contribution in [-0.4, -0.2) is 37.1 Å². The van der Waals surface area contributed by atoms with Crippen molar-refractivity contribution in [3.63, 3.8) is 0 Å². The highest BCUT2D eigenvalue weighted by atomic mass is 16.6. The number of hydrogen-bond donors (Lipinski definition) is 1. The second-order valence-electron chi connectivity index (χ2n) is 3.89. The number of carbonyl (C=O) groups is 2. The molecule has 0 bridgehead atoms. The Labute approximate surface area is 103 Å². The van der Waals surface area contributed by atoms with Gasteiger partial charge in [-0.05, 0) is 34.9 Å². The number of nitrogens with zero attached hydrogens (tertiary/aromatic N) is 1. The number of carbonyl (C=O) groups excluding carboxylic acids is 2.